The second-order valence-corrected chi connectivity index (χ2v) is 10.3. The summed E-state index contributed by atoms with van der Waals surface area (Å²) in [5, 5.41) is 11.9. The number of nitrogens with one attached hydrogen (secondary N) is 1. The van der Waals surface area contributed by atoms with E-state index in [1.807, 2.05) is 48.5 Å². The summed E-state index contributed by atoms with van der Waals surface area (Å²) in [6.45, 7) is 18.0. The highest BCUT2D eigenvalue weighted by molar-refractivity contribution is 6.02. The molecule has 0 aromatic heterocycles. The fraction of sp³-hybridized carbons (Fsp3) is 0.448. The molecule has 2 aromatic carbocycles. The van der Waals surface area contributed by atoms with Crippen LogP contribution in [0.15, 0.2) is 58.8 Å². The van der Waals surface area contributed by atoms with E-state index in [0.717, 1.165) is 87.3 Å². The predicted octanol–water partition coefficient (Wildman–Crippen LogP) is 5.31. The number of piperidine rings is 2. The van der Waals surface area contributed by atoms with Crippen molar-refractivity contribution in [2.75, 3.05) is 33.2 Å². The van der Waals surface area contributed by atoms with E-state index in [1.54, 1.807) is 0 Å². The zero-order valence-electron chi connectivity index (χ0n) is 21.2. The normalized spacial score (nSPS) is 21.5. The lowest BCUT2D eigenvalue weighted by Gasteiger charge is -2.35. The number of nitrogens with zero attached hydrogens (tertiary/aromatic N) is 5. The zero-order chi connectivity index (χ0) is 25.7. The van der Waals surface area contributed by atoms with Crippen LogP contribution in [0.3, 0.4) is 0 Å². The van der Waals surface area contributed by atoms with Crippen LogP contribution in [0.1, 0.15) is 49.7 Å². The van der Waals surface area contributed by atoms with E-state index in [2.05, 4.69) is 37.3 Å². The van der Waals surface area contributed by atoms with Crippen molar-refractivity contribution in [3.05, 3.63) is 82.5 Å². The number of rotatable bonds is 2. The van der Waals surface area contributed by atoms with Gasteiger partial charge in [-0.05, 0) is 31.3 Å². The molecule has 8 nitrogen and oxygen atoms in total. The molecular weight excluding hydrogens is 464 g/mol. The second kappa shape index (κ2) is 10.7. The third-order valence-electron chi connectivity index (χ3n) is 7.75. The highest BCUT2D eigenvalue weighted by Gasteiger charge is 2.42. The quantitative estimate of drug-likeness (QED) is 0.572. The minimum absolute atomic E-state index is 0.0830. The smallest absolute Gasteiger partial charge is 0.187 e. The Morgan fingerprint density at radius 3 is 1.59 bits per heavy atom. The van der Waals surface area contributed by atoms with Crippen molar-refractivity contribution in [1.82, 2.24) is 10.2 Å². The molecule has 2 aromatic rings. The first kappa shape index (κ1) is 25.0. The lowest BCUT2D eigenvalue weighted by atomic mass is 9.85. The van der Waals surface area contributed by atoms with Crippen LogP contribution in [0.2, 0.25) is 0 Å². The average molecular weight is 497 g/mol. The molecule has 2 fully saturated rings. The van der Waals surface area contributed by atoms with E-state index in [-0.39, 0.29) is 11.2 Å². The summed E-state index contributed by atoms with van der Waals surface area (Å²) >= 11 is 0. The van der Waals surface area contributed by atoms with Crippen molar-refractivity contribution < 1.29 is 9.68 Å². The van der Waals surface area contributed by atoms with Gasteiger partial charge >= 0.3 is 0 Å². The van der Waals surface area contributed by atoms with Crippen LogP contribution in [0.25, 0.3) is 9.69 Å². The van der Waals surface area contributed by atoms with Crippen molar-refractivity contribution in [3.8, 4) is 0 Å². The van der Waals surface area contributed by atoms with Crippen LogP contribution in [-0.2, 0) is 9.68 Å². The van der Waals surface area contributed by atoms with Gasteiger partial charge < -0.3 is 19.9 Å². The molecule has 0 unspecified atom stereocenters. The molecule has 37 heavy (non-hydrogen) atoms. The van der Waals surface area contributed by atoms with E-state index in [0.29, 0.717) is 11.4 Å². The maximum Gasteiger partial charge on any atom is 0.187 e. The number of likely N-dealkylation sites (tertiary alicyclic amines) is 1. The van der Waals surface area contributed by atoms with Crippen LogP contribution in [0.4, 0.5) is 11.4 Å². The molecule has 2 spiro atoms. The first-order valence-electron chi connectivity index (χ1n) is 12.9. The Balaban J connectivity index is 0.000000152. The molecule has 4 heterocycles. The molecule has 2 saturated heterocycles. The maximum absolute atomic E-state index is 6.96. The van der Waals surface area contributed by atoms with Gasteiger partial charge in [0, 0.05) is 51.6 Å². The van der Waals surface area contributed by atoms with Gasteiger partial charge in [0.25, 0.3) is 0 Å². The third-order valence-corrected chi connectivity index (χ3v) is 7.75. The van der Waals surface area contributed by atoms with Crippen molar-refractivity contribution in [3.63, 3.8) is 0 Å². The summed E-state index contributed by atoms with van der Waals surface area (Å²) in [5.74, 6) is 0. The van der Waals surface area contributed by atoms with Crippen LogP contribution in [0, 0.1) is 13.1 Å². The monoisotopic (exact) mass is 496 g/mol. The van der Waals surface area contributed by atoms with E-state index < -0.39 is 0 Å². The number of benzene rings is 2. The van der Waals surface area contributed by atoms with Crippen LogP contribution in [0.5, 0.6) is 0 Å². The topological polar surface area (TPSA) is 67.2 Å². The Bertz CT molecular complexity index is 1240. The number of oxime groups is 2. The molecule has 0 amide bonds. The lowest BCUT2D eigenvalue weighted by Crippen LogP contribution is -2.42. The van der Waals surface area contributed by atoms with Crippen LogP contribution < -0.4 is 5.32 Å². The van der Waals surface area contributed by atoms with Gasteiger partial charge in [-0.15, -0.1) is 0 Å². The Labute approximate surface area is 218 Å². The van der Waals surface area contributed by atoms with Crippen molar-refractivity contribution in [2.24, 2.45) is 10.3 Å². The van der Waals surface area contributed by atoms with Gasteiger partial charge in [0.1, 0.15) is 11.2 Å². The first-order valence-corrected chi connectivity index (χ1v) is 12.9. The molecule has 4 aliphatic heterocycles. The molecule has 0 aliphatic carbocycles. The van der Waals surface area contributed by atoms with Gasteiger partial charge in [-0.2, -0.15) is 0 Å². The van der Waals surface area contributed by atoms with E-state index >= 15 is 0 Å². The van der Waals surface area contributed by atoms with Gasteiger partial charge in [-0.3, -0.25) is 0 Å². The zero-order valence-corrected chi connectivity index (χ0v) is 21.2. The highest BCUT2D eigenvalue weighted by atomic mass is 16.7. The minimum Gasteiger partial charge on any atom is -0.388 e. The largest absolute Gasteiger partial charge is 0.388 e. The number of hydrogen-bond donors (Lipinski definition) is 1. The highest BCUT2D eigenvalue weighted by Crippen LogP contribution is 2.36. The van der Waals surface area contributed by atoms with Crippen molar-refractivity contribution in [2.45, 2.75) is 49.7 Å². The molecule has 0 radical (unpaired) electrons. The minimum atomic E-state index is -0.0843. The summed E-state index contributed by atoms with van der Waals surface area (Å²) in [7, 11) is 2.15. The summed E-state index contributed by atoms with van der Waals surface area (Å²) in [6, 6.07) is 15.2. The summed E-state index contributed by atoms with van der Waals surface area (Å²) in [4.78, 5) is 20.6. The van der Waals surface area contributed by atoms with Gasteiger partial charge in [0.15, 0.2) is 11.4 Å². The van der Waals surface area contributed by atoms with Crippen molar-refractivity contribution >= 4 is 22.8 Å². The molecule has 190 valence electrons. The standard InChI is InChI=1S/C15H17N3O.C14H15N3O/c1-16-13-5-3-12(4-6-13)14-11-15(19-17-14)7-9-18(2)10-8-15;1-15-12-4-2-11(3-5-12)13-10-14(18-17-13)6-8-16-9-7-14/h3-6H,7-11H2,2H3;2-5,16H,6-10H2. The average Bonchev–Trinajstić information content (AvgIpc) is 3.56. The SMILES string of the molecule is [C-]#[N+]c1ccc(C2=NOC3(CCN(C)CC3)C2)cc1.[C-]#[N+]c1ccc(C2=NOC3(CCNCC3)C2)cc1. The Hall–Kier alpha value is -3.72. The molecule has 1 N–H and O–H groups in total. The Morgan fingerprint density at radius 2 is 1.16 bits per heavy atom. The van der Waals surface area contributed by atoms with Crippen LogP contribution in [-0.4, -0.2) is 60.8 Å². The number of hydrogen-bond acceptors (Lipinski definition) is 6. The van der Waals surface area contributed by atoms with E-state index in [9.17, 15) is 0 Å². The molecular formula is C29H32N6O2. The molecule has 8 heteroatoms. The first-order chi connectivity index (χ1) is 18.0. The fourth-order valence-corrected chi connectivity index (χ4v) is 5.25. The van der Waals surface area contributed by atoms with Gasteiger partial charge in [0.2, 0.25) is 0 Å². The summed E-state index contributed by atoms with van der Waals surface area (Å²) < 4.78 is 0. The van der Waals surface area contributed by atoms with Gasteiger partial charge in [-0.1, -0.05) is 58.8 Å². The third kappa shape index (κ3) is 5.67. The van der Waals surface area contributed by atoms with Gasteiger partial charge in [-0.25, -0.2) is 9.69 Å². The Morgan fingerprint density at radius 1 is 0.730 bits per heavy atom. The summed E-state index contributed by atoms with van der Waals surface area (Å²) in [6.07, 6.45) is 5.87. The molecule has 6 rings (SSSR count). The van der Waals surface area contributed by atoms with Crippen molar-refractivity contribution in [1.29, 1.82) is 0 Å². The fourth-order valence-electron chi connectivity index (χ4n) is 5.25. The molecule has 0 bridgehead atoms. The summed E-state index contributed by atoms with van der Waals surface area (Å²) in [5.41, 5.74) is 5.32. The maximum atomic E-state index is 6.96. The second-order valence-electron chi connectivity index (χ2n) is 10.3. The van der Waals surface area contributed by atoms with E-state index in [1.165, 1.54) is 0 Å². The lowest BCUT2D eigenvalue weighted by molar-refractivity contribution is -0.0578. The molecule has 0 atom stereocenters. The molecule has 0 saturated carbocycles. The van der Waals surface area contributed by atoms with Crippen LogP contribution >= 0.6 is 0 Å². The molecule has 4 aliphatic rings. The predicted molar refractivity (Wildman–Crippen MR) is 144 cm³/mol. The Kier molecular flexibility index (Phi) is 7.23. The van der Waals surface area contributed by atoms with E-state index in [4.69, 9.17) is 22.8 Å². The van der Waals surface area contributed by atoms with Gasteiger partial charge in [0.05, 0.1) is 24.6 Å².